The first-order valence-corrected chi connectivity index (χ1v) is 19.2. The summed E-state index contributed by atoms with van der Waals surface area (Å²) in [5.74, 6) is 0. The zero-order chi connectivity index (χ0) is 7.71. The second kappa shape index (κ2) is 3.29. The van der Waals surface area contributed by atoms with Gasteiger partial charge in [0.2, 0.25) is 0 Å². The molecule has 0 spiro atoms. The summed E-state index contributed by atoms with van der Waals surface area (Å²) in [7, 11) is 0. The van der Waals surface area contributed by atoms with Crippen LogP contribution in [0.1, 0.15) is 0 Å². The van der Waals surface area contributed by atoms with Gasteiger partial charge < -0.3 is 0 Å². The van der Waals surface area contributed by atoms with Crippen LogP contribution >= 0.6 is 0 Å². The first-order chi connectivity index (χ1) is 3.71. The van der Waals surface area contributed by atoms with E-state index in [1.807, 2.05) is 0 Å². The first kappa shape index (κ1) is 10.5. The molecule has 9 heavy (non-hydrogen) atoms. The summed E-state index contributed by atoms with van der Waals surface area (Å²) in [5.41, 5.74) is 0. The summed E-state index contributed by atoms with van der Waals surface area (Å²) >= 11 is -0.0772. The van der Waals surface area contributed by atoms with Crippen molar-refractivity contribution < 1.29 is 27.3 Å². The zero-order valence-corrected chi connectivity index (χ0v) is 12.4. The van der Waals surface area contributed by atoms with E-state index in [0.717, 1.165) is 0 Å². The average molecular weight is 235 g/mol. The molecule has 0 unspecified atom stereocenters. The normalized spacial score (nSPS) is 13.1. The van der Waals surface area contributed by atoms with E-state index in [1.165, 1.54) is 0 Å². The quantitative estimate of drug-likeness (QED) is 0.646. The van der Waals surface area contributed by atoms with Crippen molar-refractivity contribution in [3.8, 4) is 0 Å². The average Bonchev–Trinajstić information content (AvgIpc) is 1.14. The van der Waals surface area contributed by atoms with E-state index in [-0.39, 0.29) is 27.3 Å². The maximum absolute atomic E-state index is 2.55. The molecular weight excluding hydrogens is 217 g/mol. The number of hydrogen-bond donors (Lipinski definition) is 0. The Labute approximate surface area is 74.1 Å². The molecule has 0 N–H and O–H groups in total. The molecule has 0 amide bonds. The Balaban J connectivity index is 3.75. The second-order valence-electron chi connectivity index (χ2n) is 4.88. The van der Waals surface area contributed by atoms with E-state index < -0.39 is 8.19 Å². The van der Waals surface area contributed by atoms with Gasteiger partial charge in [-0.05, 0) is 0 Å². The molecule has 0 aromatic heterocycles. The Morgan fingerprint density at radius 2 is 0.889 bits per heavy atom. The van der Waals surface area contributed by atoms with Gasteiger partial charge in [0.25, 0.3) is 0 Å². The zero-order valence-electron chi connectivity index (χ0n) is 7.58. The van der Waals surface area contributed by atoms with Gasteiger partial charge in [0.1, 0.15) is 0 Å². The molecular formula is C6H18Si2Y. The standard InChI is InChI=1S/2C3H9Si.Y/c2*1-4(2)3;/h2*1-3H3;. The number of hydrogen-bond acceptors (Lipinski definition) is 0. The minimum atomic E-state index is -0.541. The molecule has 0 radical (unpaired) electrons. The topological polar surface area (TPSA) is 0 Å². The van der Waals surface area contributed by atoms with Gasteiger partial charge in [-0.15, -0.1) is 0 Å². The summed E-state index contributed by atoms with van der Waals surface area (Å²) in [6, 6.07) is 0. The third-order valence-electron chi connectivity index (χ3n) is 0.866. The van der Waals surface area contributed by atoms with Gasteiger partial charge in [0.15, 0.2) is 0 Å². The van der Waals surface area contributed by atoms with Crippen molar-refractivity contribution in [3.63, 3.8) is 0 Å². The molecule has 3 heteroatoms. The fraction of sp³-hybridized carbons (Fsp3) is 1.00. The Bertz CT molecular complexity index is 76.2. The van der Waals surface area contributed by atoms with Gasteiger partial charge in [0.05, 0.1) is 0 Å². The fourth-order valence-electron chi connectivity index (χ4n) is 1.30. The van der Waals surface area contributed by atoms with E-state index in [4.69, 9.17) is 0 Å². The molecule has 0 aliphatic carbocycles. The Hall–Kier alpha value is 1.54. The predicted molar refractivity (Wildman–Crippen MR) is 46.7 cm³/mol. The van der Waals surface area contributed by atoms with Gasteiger partial charge in [-0.3, -0.25) is 0 Å². The Kier molecular flexibility index (Phi) is 3.85. The van der Waals surface area contributed by atoms with Crippen molar-refractivity contribution >= 4 is 8.19 Å². The van der Waals surface area contributed by atoms with Crippen LogP contribution in [-0.4, -0.2) is 8.19 Å². The molecule has 0 aliphatic heterocycles. The third kappa shape index (κ3) is 9.54. The molecule has 0 aromatic rings. The molecule has 0 heterocycles. The summed E-state index contributed by atoms with van der Waals surface area (Å²) in [6.07, 6.45) is 0. The molecule has 0 bridgehead atoms. The van der Waals surface area contributed by atoms with Gasteiger partial charge in [-0.2, -0.15) is 0 Å². The van der Waals surface area contributed by atoms with Crippen LogP contribution in [0.15, 0.2) is 0 Å². The van der Waals surface area contributed by atoms with E-state index in [1.54, 1.807) is 0 Å². The van der Waals surface area contributed by atoms with Crippen LogP contribution in [0, 0.1) is 0 Å². The van der Waals surface area contributed by atoms with Crippen molar-refractivity contribution in [1.29, 1.82) is 0 Å². The van der Waals surface area contributed by atoms with E-state index in [2.05, 4.69) is 39.3 Å². The van der Waals surface area contributed by atoms with Gasteiger partial charge in [0, 0.05) is 0 Å². The Morgan fingerprint density at radius 1 is 0.667 bits per heavy atom. The Morgan fingerprint density at radius 3 is 0.889 bits per heavy atom. The maximum atomic E-state index is 2.55. The van der Waals surface area contributed by atoms with Crippen molar-refractivity contribution in [3.05, 3.63) is 0 Å². The van der Waals surface area contributed by atoms with Crippen LogP contribution in [-0.2, 0) is 27.3 Å². The molecule has 0 saturated heterocycles. The fourth-order valence-corrected chi connectivity index (χ4v) is 69.2. The SMILES string of the molecule is C[Si](C)(C)[Y][Si](C)(C)C. The van der Waals surface area contributed by atoms with Crippen LogP contribution in [0.25, 0.3) is 0 Å². The molecule has 0 atom stereocenters. The van der Waals surface area contributed by atoms with Crippen LogP contribution in [0.3, 0.4) is 0 Å². The third-order valence-corrected chi connectivity index (χ3v) is 46.1. The summed E-state index contributed by atoms with van der Waals surface area (Å²) in [6.45, 7) is 15.3. The molecule has 0 aromatic carbocycles. The van der Waals surface area contributed by atoms with Gasteiger partial charge in [-0.1, -0.05) is 0 Å². The molecule has 0 nitrogen and oxygen atoms in total. The second-order valence-corrected chi connectivity index (χ2v) is 47.4. The molecule has 0 aliphatic rings. The number of rotatable bonds is 2. The predicted octanol–water partition coefficient (Wildman–Crippen LogP) is 2.74. The molecule has 0 saturated carbocycles. The van der Waals surface area contributed by atoms with Crippen LogP contribution in [0.5, 0.6) is 0 Å². The van der Waals surface area contributed by atoms with E-state index in [0.29, 0.717) is 0 Å². The van der Waals surface area contributed by atoms with Gasteiger partial charge >= 0.3 is 74.7 Å². The summed E-state index contributed by atoms with van der Waals surface area (Å²) in [5, 5.41) is 0. The van der Waals surface area contributed by atoms with Crippen molar-refractivity contribution in [2.24, 2.45) is 0 Å². The van der Waals surface area contributed by atoms with Crippen molar-refractivity contribution in [1.82, 2.24) is 0 Å². The minimum absolute atomic E-state index is 0.0772. The summed E-state index contributed by atoms with van der Waals surface area (Å²) < 4.78 is -1.08. The van der Waals surface area contributed by atoms with Crippen LogP contribution in [0.2, 0.25) is 39.3 Å². The monoisotopic (exact) mass is 235 g/mol. The van der Waals surface area contributed by atoms with Gasteiger partial charge in [-0.25, -0.2) is 0 Å². The van der Waals surface area contributed by atoms with Crippen molar-refractivity contribution in [2.75, 3.05) is 0 Å². The molecule has 0 fully saturated rings. The van der Waals surface area contributed by atoms with Crippen molar-refractivity contribution in [2.45, 2.75) is 39.3 Å². The van der Waals surface area contributed by atoms with Crippen LogP contribution in [0.4, 0.5) is 0 Å². The molecule has 0 rings (SSSR count). The first-order valence-electron chi connectivity index (χ1n) is 3.58. The molecule has 53 valence electrons. The van der Waals surface area contributed by atoms with Crippen LogP contribution < -0.4 is 0 Å². The van der Waals surface area contributed by atoms with E-state index in [9.17, 15) is 0 Å². The van der Waals surface area contributed by atoms with E-state index >= 15 is 0 Å². The summed E-state index contributed by atoms with van der Waals surface area (Å²) in [4.78, 5) is 0.